The van der Waals surface area contributed by atoms with Gasteiger partial charge in [-0.1, -0.05) is 13.3 Å². The van der Waals surface area contributed by atoms with Crippen LogP contribution in [0.25, 0.3) is 11.3 Å². The Morgan fingerprint density at radius 2 is 2.00 bits per heavy atom. The molecule has 0 aliphatic rings. The Labute approximate surface area is 120 Å². The van der Waals surface area contributed by atoms with Gasteiger partial charge in [0.2, 0.25) is 0 Å². The predicted octanol–water partition coefficient (Wildman–Crippen LogP) is 3.08. The normalized spacial score (nSPS) is 10.8. The minimum atomic E-state index is 0.794. The maximum Gasteiger partial charge on any atom is 0.118 e. The average molecular weight is 273 g/mol. The lowest BCUT2D eigenvalue weighted by atomic mass is 10.1. The van der Waals surface area contributed by atoms with E-state index in [1.165, 1.54) is 17.7 Å². The summed E-state index contributed by atoms with van der Waals surface area (Å²) in [6.07, 6.45) is 2.31. The van der Waals surface area contributed by atoms with E-state index in [4.69, 9.17) is 4.74 Å². The predicted molar refractivity (Wildman–Crippen MR) is 81.9 cm³/mol. The highest BCUT2D eigenvalue weighted by molar-refractivity contribution is 5.61. The van der Waals surface area contributed by atoms with Crippen molar-refractivity contribution in [2.75, 3.05) is 14.2 Å². The first-order valence-electron chi connectivity index (χ1n) is 7.14. The molecule has 1 heterocycles. The minimum Gasteiger partial charge on any atom is -0.497 e. The summed E-state index contributed by atoms with van der Waals surface area (Å²) < 4.78 is 7.32. The van der Waals surface area contributed by atoms with Crippen LogP contribution in [0.15, 0.2) is 30.3 Å². The number of hydrogen-bond donors (Lipinski definition) is 1. The third-order valence-corrected chi connectivity index (χ3v) is 3.30. The van der Waals surface area contributed by atoms with Crippen LogP contribution in [0.1, 0.15) is 25.5 Å². The molecule has 4 nitrogen and oxygen atoms in total. The second-order valence-corrected chi connectivity index (χ2v) is 4.86. The molecule has 0 atom stereocenters. The number of aromatic nitrogens is 2. The first-order chi connectivity index (χ1) is 9.78. The van der Waals surface area contributed by atoms with Crippen LogP contribution in [-0.4, -0.2) is 23.9 Å². The van der Waals surface area contributed by atoms with E-state index in [-0.39, 0.29) is 0 Å². The molecule has 1 aromatic carbocycles. The van der Waals surface area contributed by atoms with Gasteiger partial charge in [-0.2, -0.15) is 5.10 Å². The molecule has 0 spiro atoms. The summed E-state index contributed by atoms with van der Waals surface area (Å²) in [7, 11) is 3.63. The van der Waals surface area contributed by atoms with Crippen molar-refractivity contribution >= 4 is 0 Å². The van der Waals surface area contributed by atoms with Gasteiger partial charge in [0.15, 0.2) is 0 Å². The van der Waals surface area contributed by atoms with E-state index in [0.29, 0.717) is 0 Å². The number of benzene rings is 1. The lowest BCUT2D eigenvalue weighted by Gasteiger charge is -2.07. The quantitative estimate of drug-likeness (QED) is 0.842. The maximum atomic E-state index is 5.21. The summed E-state index contributed by atoms with van der Waals surface area (Å²) in [4.78, 5) is 0. The number of aryl methyl sites for hydroxylation is 1. The minimum absolute atomic E-state index is 0.794. The van der Waals surface area contributed by atoms with Crippen molar-refractivity contribution in [3.05, 3.63) is 36.0 Å². The van der Waals surface area contributed by atoms with Crippen molar-refractivity contribution in [2.45, 2.75) is 32.9 Å². The van der Waals surface area contributed by atoms with Gasteiger partial charge in [0.1, 0.15) is 5.75 Å². The summed E-state index contributed by atoms with van der Waals surface area (Å²) >= 11 is 0. The zero-order valence-corrected chi connectivity index (χ0v) is 12.5. The summed E-state index contributed by atoms with van der Waals surface area (Å²) in [5.41, 5.74) is 3.43. The Balaban J connectivity index is 2.30. The Morgan fingerprint density at radius 1 is 1.25 bits per heavy atom. The van der Waals surface area contributed by atoms with Crippen molar-refractivity contribution in [3.63, 3.8) is 0 Å². The van der Waals surface area contributed by atoms with E-state index in [1.807, 2.05) is 19.2 Å². The topological polar surface area (TPSA) is 39.1 Å². The van der Waals surface area contributed by atoms with Crippen LogP contribution in [0, 0.1) is 0 Å². The molecule has 2 rings (SSSR count). The molecule has 0 aliphatic carbocycles. The number of ether oxygens (including phenoxy) is 1. The second kappa shape index (κ2) is 7.10. The molecular formula is C16H23N3O. The van der Waals surface area contributed by atoms with Gasteiger partial charge in [-0.3, -0.25) is 4.68 Å². The van der Waals surface area contributed by atoms with Gasteiger partial charge >= 0.3 is 0 Å². The van der Waals surface area contributed by atoms with Gasteiger partial charge in [-0.25, -0.2) is 0 Å². The molecule has 0 unspecified atom stereocenters. The summed E-state index contributed by atoms with van der Waals surface area (Å²) in [6, 6.07) is 10.3. The van der Waals surface area contributed by atoms with Crippen LogP contribution >= 0.6 is 0 Å². The molecule has 0 amide bonds. The van der Waals surface area contributed by atoms with Gasteiger partial charge < -0.3 is 10.1 Å². The Morgan fingerprint density at radius 3 is 2.60 bits per heavy atom. The van der Waals surface area contributed by atoms with Crippen LogP contribution in [0.5, 0.6) is 5.75 Å². The molecule has 1 aromatic heterocycles. The summed E-state index contributed by atoms with van der Waals surface area (Å²) in [5, 5.41) is 7.83. The van der Waals surface area contributed by atoms with Gasteiger partial charge in [0.25, 0.3) is 0 Å². The SMILES string of the molecule is CCCCn1nc(CNC)cc1-c1ccc(OC)cc1. The van der Waals surface area contributed by atoms with Crippen LogP contribution < -0.4 is 10.1 Å². The van der Waals surface area contributed by atoms with E-state index in [2.05, 4.69) is 40.2 Å². The highest BCUT2D eigenvalue weighted by Gasteiger charge is 2.09. The lowest BCUT2D eigenvalue weighted by molar-refractivity contribution is 0.415. The molecule has 0 saturated heterocycles. The van der Waals surface area contributed by atoms with Gasteiger partial charge in [0, 0.05) is 18.7 Å². The number of hydrogen-bond acceptors (Lipinski definition) is 3. The lowest BCUT2D eigenvalue weighted by Crippen LogP contribution is -2.07. The average Bonchev–Trinajstić information content (AvgIpc) is 2.88. The molecule has 0 bridgehead atoms. The second-order valence-electron chi connectivity index (χ2n) is 4.86. The number of methoxy groups -OCH3 is 1. The molecule has 0 saturated carbocycles. The Bertz CT molecular complexity index is 531. The highest BCUT2D eigenvalue weighted by atomic mass is 16.5. The van der Waals surface area contributed by atoms with Crippen molar-refractivity contribution in [1.29, 1.82) is 0 Å². The molecular weight excluding hydrogens is 250 g/mol. The van der Waals surface area contributed by atoms with Crippen molar-refractivity contribution < 1.29 is 4.74 Å². The zero-order valence-electron chi connectivity index (χ0n) is 12.5. The first kappa shape index (κ1) is 14.6. The fourth-order valence-electron chi connectivity index (χ4n) is 2.21. The monoisotopic (exact) mass is 273 g/mol. The third-order valence-electron chi connectivity index (χ3n) is 3.30. The number of rotatable bonds is 7. The van der Waals surface area contributed by atoms with Crippen LogP contribution in [0.2, 0.25) is 0 Å². The van der Waals surface area contributed by atoms with E-state index in [0.717, 1.165) is 31.0 Å². The van der Waals surface area contributed by atoms with Crippen LogP contribution in [0.4, 0.5) is 0 Å². The first-order valence-corrected chi connectivity index (χ1v) is 7.14. The number of nitrogens with zero attached hydrogens (tertiary/aromatic N) is 2. The molecule has 20 heavy (non-hydrogen) atoms. The Hall–Kier alpha value is -1.81. The van der Waals surface area contributed by atoms with Crippen molar-refractivity contribution in [2.24, 2.45) is 0 Å². The third kappa shape index (κ3) is 3.39. The standard InChI is InChI=1S/C16H23N3O/c1-4-5-10-19-16(11-14(18-19)12-17-2)13-6-8-15(20-3)9-7-13/h6-9,11,17H,4-5,10,12H2,1-3H3. The number of unbranched alkanes of at least 4 members (excludes halogenated alkanes) is 1. The largest absolute Gasteiger partial charge is 0.497 e. The fraction of sp³-hybridized carbons (Fsp3) is 0.438. The molecule has 1 N–H and O–H groups in total. The van der Waals surface area contributed by atoms with E-state index in [9.17, 15) is 0 Å². The molecule has 0 aliphatic heterocycles. The van der Waals surface area contributed by atoms with Gasteiger partial charge in [0.05, 0.1) is 18.5 Å². The molecule has 4 heteroatoms. The van der Waals surface area contributed by atoms with Crippen LogP contribution in [-0.2, 0) is 13.1 Å². The fourth-order valence-corrected chi connectivity index (χ4v) is 2.21. The van der Waals surface area contributed by atoms with Gasteiger partial charge in [-0.05, 0) is 43.8 Å². The van der Waals surface area contributed by atoms with E-state index < -0.39 is 0 Å². The number of nitrogens with one attached hydrogen (secondary N) is 1. The Kier molecular flexibility index (Phi) is 5.18. The smallest absolute Gasteiger partial charge is 0.118 e. The van der Waals surface area contributed by atoms with Gasteiger partial charge in [-0.15, -0.1) is 0 Å². The van der Waals surface area contributed by atoms with Crippen LogP contribution in [0.3, 0.4) is 0 Å². The molecule has 0 radical (unpaired) electrons. The van der Waals surface area contributed by atoms with Crippen molar-refractivity contribution in [3.8, 4) is 17.0 Å². The van der Waals surface area contributed by atoms with E-state index in [1.54, 1.807) is 7.11 Å². The molecule has 0 fully saturated rings. The summed E-state index contributed by atoms with van der Waals surface area (Å²) in [6.45, 7) is 3.95. The maximum absolute atomic E-state index is 5.21. The van der Waals surface area contributed by atoms with Crippen molar-refractivity contribution in [1.82, 2.24) is 15.1 Å². The molecule has 108 valence electrons. The summed E-state index contributed by atoms with van der Waals surface area (Å²) in [5.74, 6) is 0.879. The molecule has 2 aromatic rings. The zero-order chi connectivity index (χ0) is 14.4. The van der Waals surface area contributed by atoms with E-state index >= 15 is 0 Å². The highest BCUT2D eigenvalue weighted by Crippen LogP contribution is 2.23.